The fourth-order valence-corrected chi connectivity index (χ4v) is 1.66. The summed E-state index contributed by atoms with van der Waals surface area (Å²) in [6, 6.07) is 8.68. The molecule has 1 aromatic carbocycles. The van der Waals surface area contributed by atoms with Crippen LogP contribution in [-0.4, -0.2) is 38.4 Å². The van der Waals surface area contributed by atoms with E-state index in [4.69, 9.17) is 5.11 Å². The van der Waals surface area contributed by atoms with E-state index >= 15 is 0 Å². The van der Waals surface area contributed by atoms with Gasteiger partial charge < -0.3 is 15.3 Å². The molecule has 0 aromatic heterocycles. The minimum atomic E-state index is 0.121. The normalized spacial score (nSPS) is 12.5. The molecule has 3 heteroatoms. The number of aryl methyl sites for hydroxylation is 1. The van der Waals surface area contributed by atoms with E-state index in [1.165, 1.54) is 11.3 Å². The second kappa shape index (κ2) is 6.51. The Bertz CT molecular complexity index is 293. The van der Waals surface area contributed by atoms with Crippen LogP contribution in [0.4, 0.5) is 5.69 Å². The summed E-state index contributed by atoms with van der Waals surface area (Å²) >= 11 is 0. The van der Waals surface area contributed by atoms with Crippen molar-refractivity contribution in [3.63, 3.8) is 0 Å². The average Bonchev–Trinajstić information content (AvgIpc) is 2.35. The first-order chi connectivity index (χ1) is 7.71. The van der Waals surface area contributed by atoms with Crippen LogP contribution in [0.1, 0.15) is 12.5 Å². The molecule has 0 saturated heterocycles. The first kappa shape index (κ1) is 13.0. The number of aliphatic hydroxyl groups excluding tert-OH is 1. The Morgan fingerprint density at radius 1 is 1.31 bits per heavy atom. The molecule has 0 aliphatic heterocycles. The second-order valence-electron chi connectivity index (χ2n) is 4.07. The van der Waals surface area contributed by atoms with Crippen LogP contribution in [0.15, 0.2) is 24.3 Å². The lowest BCUT2D eigenvalue weighted by molar-refractivity contribution is 0.251. The SMILES string of the molecule is CCc1ccc(N(C)CC(CO)NC)cc1. The highest BCUT2D eigenvalue weighted by atomic mass is 16.3. The summed E-state index contributed by atoms with van der Waals surface area (Å²) in [5.74, 6) is 0. The lowest BCUT2D eigenvalue weighted by Gasteiger charge is -2.24. The van der Waals surface area contributed by atoms with Crippen LogP contribution in [0, 0.1) is 0 Å². The van der Waals surface area contributed by atoms with Crippen LogP contribution in [0.25, 0.3) is 0 Å². The quantitative estimate of drug-likeness (QED) is 0.761. The predicted octanol–water partition coefficient (Wildman–Crippen LogP) is 1.27. The van der Waals surface area contributed by atoms with E-state index in [0.717, 1.165) is 13.0 Å². The summed E-state index contributed by atoms with van der Waals surface area (Å²) in [6.45, 7) is 3.12. The van der Waals surface area contributed by atoms with Gasteiger partial charge >= 0.3 is 0 Å². The molecule has 1 unspecified atom stereocenters. The van der Waals surface area contributed by atoms with E-state index < -0.39 is 0 Å². The molecule has 0 aliphatic carbocycles. The van der Waals surface area contributed by atoms with Crippen LogP contribution >= 0.6 is 0 Å². The number of hydrogen-bond donors (Lipinski definition) is 2. The van der Waals surface area contributed by atoms with E-state index in [2.05, 4.69) is 41.4 Å². The number of hydrogen-bond acceptors (Lipinski definition) is 3. The van der Waals surface area contributed by atoms with Gasteiger partial charge in [-0.25, -0.2) is 0 Å². The van der Waals surface area contributed by atoms with E-state index in [-0.39, 0.29) is 12.6 Å². The van der Waals surface area contributed by atoms with Crippen LogP contribution in [0.3, 0.4) is 0 Å². The Labute approximate surface area is 98.1 Å². The molecule has 3 nitrogen and oxygen atoms in total. The van der Waals surface area contributed by atoms with Gasteiger partial charge in [-0.05, 0) is 31.2 Å². The zero-order valence-corrected chi connectivity index (χ0v) is 10.4. The molecule has 2 N–H and O–H groups in total. The van der Waals surface area contributed by atoms with Gasteiger partial charge in [0.25, 0.3) is 0 Å². The van der Waals surface area contributed by atoms with Crippen molar-refractivity contribution in [2.45, 2.75) is 19.4 Å². The van der Waals surface area contributed by atoms with Crippen molar-refractivity contribution in [1.82, 2.24) is 5.32 Å². The summed E-state index contributed by atoms with van der Waals surface area (Å²) in [5.41, 5.74) is 2.54. The molecule has 0 amide bonds. The number of rotatable bonds is 6. The maximum Gasteiger partial charge on any atom is 0.0601 e. The van der Waals surface area contributed by atoms with Crippen molar-refractivity contribution in [1.29, 1.82) is 0 Å². The minimum absolute atomic E-state index is 0.121. The second-order valence-corrected chi connectivity index (χ2v) is 4.07. The molecule has 1 atom stereocenters. The number of benzene rings is 1. The van der Waals surface area contributed by atoms with Gasteiger partial charge in [0, 0.05) is 25.3 Å². The molecule has 0 radical (unpaired) electrons. The Hall–Kier alpha value is -1.06. The molecule has 0 spiro atoms. The zero-order valence-electron chi connectivity index (χ0n) is 10.4. The summed E-state index contributed by atoms with van der Waals surface area (Å²) in [7, 11) is 3.91. The Morgan fingerprint density at radius 2 is 1.94 bits per heavy atom. The molecule has 1 rings (SSSR count). The fraction of sp³-hybridized carbons (Fsp3) is 0.538. The van der Waals surface area contributed by atoms with Gasteiger partial charge in [-0.2, -0.15) is 0 Å². The van der Waals surface area contributed by atoms with Crippen LogP contribution in [0.2, 0.25) is 0 Å². The lowest BCUT2D eigenvalue weighted by atomic mass is 10.1. The van der Waals surface area contributed by atoms with Crippen molar-refractivity contribution in [3.05, 3.63) is 29.8 Å². The minimum Gasteiger partial charge on any atom is -0.395 e. The molecular weight excluding hydrogens is 200 g/mol. The number of anilines is 1. The first-order valence-corrected chi connectivity index (χ1v) is 5.79. The number of aliphatic hydroxyl groups is 1. The van der Waals surface area contributed by atoms with Crippen molar-refractivity contribution in [3.8, 4) is 0 Å². The average molecular weight is 222 g/mol. The fourth-order valence-electron chi connectivity index (χ4n) is 1.66. The molecule has 0 saturated carbocycles. The largest absolute Gasteiger partial charge is 0.395 e. The molecule has 0 fully saturated rings. The molecule has 0 heterocycles. The van der Waals surface area contributed by atoms with Gasteiger partial charge in [-0.3, -0.25) is 0 Å². The molecule has 0 bridgehead atoms. The van der Waals surface area contributed by atoms with Gasteiger partial charge in [0.05, 0.1) is 6.61 Å². The van der Waals surface area contributed by atoms with Gasteiger partial charge in [0.15, 0.2) is 0 Å². The zero-order chi connectivity index (χ0) is 12.0. The highest BCUT2D eigenvalue weighted by molar-refractivity contribution is 5.47. The number of nitrogens with zero attached hydrogens (tertiary/aromatic N) is 1. The third-order valence-electron chi connectivity index (χ3n) is 2.91. The standard InChI is InChI=1S/C13H22N2O/c1-4-11-5-7-13(8-6-11)15(3)9-12(10-16)14-2/h5-8,12,14,16H,4,9-10H2,1-3H3. The Balaban J connectivity index is 2.61. The van der Waals surface area contributed by atoms with Gasteiger partial charge in [0.2, 0.25) is 0 Å². The van der Waals surface area contributed by atoms with Gasteiger partial charge in [-0.1, -0.05) is 19.1 Å². The van der Waals surface area contributed by atoms with E-state index in [0.29, 0.717) is 0 Å². The topological polar surface area (TPSA) is 35.5 Å². The predicted molar refractivity (Wildman–Crippen MR) is 69.0 cm³/mol. The van der Waals surface area contributed by atoms with Crippen molar-refractivity contribution in [2.75, 3.05) is 32.1 Å². The van der Waals surface area contributed by atoms with Gasteiger partial charge in [0.1, 0.15) is 0 Å². The Morgan fingerprint density at radius 3 is 2.38 bits per heavy atom. The summed E-state index contributed by atoms with van der Waals surface area (Å²) in [4.78, 5) is 2.15. The van der Waals surface area contributed by atoms with E-state index in [1.54, 1.807) is 0 Å². The molecule has 1 aromatic rings. The van der Waals surface area contributed by atoms with Crippen molar-refractivity contribution in [2.24, 2.45) is 0 Å². The summed E-state index contributed by atoms with van der Waals surface area (Å²) in [6.07, 6.45) is 1.07. The summed E-state index contributed by atoms with van der Waals surface area (Å²) < 4.78 is 0. The number of nitrogens with one attached hydrogen (secondary N) is 1. The molecule has 90 valence electrons. The molecule has 16 heavy (non-hydrogen) atoms. The third-order valence-corrected chi connectivity index (χ3v) is 2.91. The van der Waals surface area contributed by atoms with Crippen LogP contribution in [0.5, 0.6) is 0 Å². The van der Waals surface area contributed by atoms with Crippen molar-refractivity contribution < 1.29 is 5.11 Å². The van der Waals surface area contributed by atoms with E-state index in [1.807, 2.05) is 14.1 Å². The Kier molecular flexibility index (Phi) is 5.29. The number of likely N-dealkylation sites (N-methyl/N-ethyl adjacent to an activating group) is 2. The van der Waals surface area contributed by atoms with Crippen LogP contribution in [-0.2, 0) is 6.42 Å². The first-order valence-electron chi connectivity index (χ1n) is 5.79. The monoisotopic (exact) mass is 222 g/mol. The van der Waals surface area contributed by atoms with Gasteiger partial charge in [-0.15, -0.1) is 0 Å². The summed E-state index contributed by atoms with van der Waals surface area (Å²) in [5, 5.41) is 12.2. The highest BCUT2D eigenvalue weighted by Crippen LogP contribution is 2.14. The third kappa shape index (κ3) is 3.51. The maximum atomic E-state index is 9.11. The van der Waals surface area contributed by atoms with Crippen molar-refractivity contribution >= 4 is 5.69 Å². The van der Waals surface area contributed by atoms with E-state index in [9.17, 15) is 0 Å². The molecular formula is C13H22N2O. The smallest absolute Gasteiger partial charge is 0.0601 e. The van der Waals surface area contributed by atoms with Crippen LogP contribution < -0.4 is 10.2 Å². The lowest BCUT2D eigenvalue weighted by Crippen LogP contribution is -2.40. The maximum absolute atomic E-state index is 9.11. The molecule has 0 aliphatic rings. The highest BCUT2D eigenvalue weighted by Gasteiger charge is 2.08.